The van der Waals surface area contributed by atoms with E-state index in [4.69, 9.17) is 14.6 Å². The van der Waals surface area contributed by atoms with Crippen LogP contribution in [0.3, 0.4) is 0 Å². The summed E-state index contributed by atoms with van der Waals surface area (Å²) in [5, 5.41) is 27.7. The van der Waals surface area contributed by atoms with Gasteiger partial charge in [-0.2, -0.15) is 0 Å². The van der Waals surface area contributed by atoms with Crippen molar-refractivity contribution in [3.63, 3.8) is 0 Å². The molecule has 1 rings (SSSR count). The monoisotopic (exact) mass is 206 g/mol. The van der Waals surface area contributed by atoms with Crippen molar-refractivity contribution in [3.8, 4) is 0 Å². The summed E-state index contributed by atoms with van der Waals surface area (Å²) in [6, 6.07) is 0. The van der Waals surface area contributed by atoms with Crippen LogP contribution < -0.4 is 0 Å². The molecule has 0 radical (unpaired) electrons. The minimum atomic E-state index is -1.03. The highest BCUT2D eigenvalue weighted by Crippen LogP contribution is 2.20. The van der Waals surface area contributed by atoms with Gasteiger partial charge in [0, 0.05) is 13.0 Å². The molecular weight excluding hydrogens is 188 g/mol. The van der Waals surface area contributed by atoms with Crippen molar-refractivity contribution in [1.29, 1.82) is 0 Å². The first kappa shape index (κ1) is 11.9. The number of aliphatic hydroxyl groups excluding tert-OH is 3. The van der Waals surface area contributed by atoms with Gasteiger partial charge in [-0.15, -0.1) is 0 Å². The summed E-state index contributed by atoms with van der Waals surface area (Å²) >= 11 is 0. The maximum Gasteiger partial charge on any atom is 0.160 e. The quantitative estimate of drug-likeness (QED) is 0.563. The number of aliphatic hydroxyl groups is 3. The highest BCUT2D eigenvalue weighted by molar-refractivity contribution is 4.82. The van der Waals surface area contributed by atoms with Crippen LogP contribution in [0.2, 0.25) is 0 Å². The van der Waals surface area contributed by atoms with Gasteiger partial charge in [0.15, 0.2) is 6.29 Å². The van der Waals surface area contributed by atoms with E-state index in [0.29, 0.717) is 6.61 Å². The molecule has 0 saturated carbocycles. The van der Waals surface area contributed by atoms with Crippen LogP contribution in [-0.2, 0) is 9.47 Å². The third-order valence-corrected chi connectivity index (χ3v) is 2.22. The van der Waals surface area contributed by atoms with E-state index in [1.54, 1.807) is 0 Å². The summed E-state index contributed by atoms with van der Waals surface area (Å²) in [6.45, 7) is 2.20. The van der Waals surface area contributed by atoms with Gasteiger partial charge in [-0.05, 0) is 6.42 Å². The summed E-state index contributed by atoms with van der Waals surface area (Å²) in [5.41, 5.74) is 0. The van der Waals surface area contributed by atoms with E-state index in [9.17, 15) is 10.2 Å². The molecule has 14 heavy (non-hydrogen) atoms. The van der Waals surface area contributed by atoms with E-state index >= 15 is 0 Å². The predicted octanol–water partition coefficient (Wildman–Crippen LogP) is -0.758. The fraction of sp³-hybridized carbons (Fsp3) is 1.00. The highest BCUT2D eigenvalue weighted by Gasteiger charge is 2.36. The number of hydrogen-bond donors (Lipinski definition) is 3. The number of ether oxygens (including phenoxy) is 2. The molecule has 84 valence electrons. The van der Waals surface area contributed by atoms with Gasteiger partial charge in [-0.3, -0.25) is 0 Å². The topological polar surface area (TPSA) is 79.2 Å². The minimum Gasteiger partial charge on any atom is -0.394 e. The third-order valence-electron chi connectivity index (χ3n) is 2.22. The lowest BCUT2D eigenvalue weighted by Gasteiger charge is -2.35. The van der Waals surface area contributed by atoms with Gasteiger partial charge in [-0.1, -0.05) is 6.92 Å². The van der Waals surface area contributed by atoms with E-state index in [-0.39, 0.29) is 13.0 Å². The molecule has 2 unspecified atom stereocenters. The molecule has 3 N–H and O–H groups in total. The molecule has 4 atom stereocenters. The Labute approximate surface area is 83.3 Å². The fourth-order valence-corrected chi connectivity index (χ4v) is 1.42. The molecule has 0 amide bonds. The van der Waals surface area contributed by atoms with Gasteiger partial charge >= 0.3 is 0 Å². The molecular formula is C9H18O5. The Hall–Kier alpha value is -0.200. The summed E-state index contributed by atoms with van der Waals surface area (Å²) in [6.07, 6.45) is -2.07. The maximum atomic E-state index is 9.43. The third kappa shape index (κ3) is 2.90. The SMILES string of the molecule is CCCO[C@@H]1CC(O)[C@H](O)C(CO)O1. The Morgan fingerprint density at radius 3 is 2.71 bits per heavy atom. The minimum absolute atomic E-state index is 0.248. The second-order valence-electron chi connectivity index (χ2n) is 3.45. The smallest absolute Gasteiger partial charge is 0.160 e. The zero-order valence-electron chi connectivity index (χ0n) is 8.30. The molecule has 5 heteroatoms. The second kappa shape index (κ2) is 5.63. The van der Waals surface area contributed by atoms with E-state index in [1.807, 2.05) is 6.92 Å². The summed E-state index contributed by atoms with van der Waals surface area (Å²) in [4.78, 5) is 0. The van der Waals surface area contributed by atoms with Gasteiger partial charge in [0.25, 0.3) is 0 Å². The average molecular weight is 206 g/mol. The molecule has 5 nitrogen and oxygen atoms in total. The van der Waals surface area contributed by atoms with Crippen LogP contribution in [0.1, 0.15) is 19.8 Å². The summed E-state index contributed by atoms with van der Waals surface area (Å²) < 4.78 is 10.5. The second-order valence-corrected chi connectivity index (χ2v) is 3.45. The molecule has 0 aromatic carbocycles. The molecule has 0 aromatic rings. The van der Waals surface area contributed by atoms with Gasteiger partial charge in [0.2, 0.25) is 0 Å². The lowest BCUT2D eigenvalue weighted by atomic mass is 10.0. The Morgan fingerprint density at radius 1 is 1.43 bits per heavy atom. The van der Waals surface area contributed by atoms with Crippen molar-refractivity contribution in [1.82, 2.24) is 0 Å². The molecule has 1 aliphatic rings. The standard InChI is InChI=1S/C9H18O5/c1-2-3-13-8-4-6(11)9(12)7(5-10)14-8/h6-12H,2-5H2,1H3/t6?,7?,8-,9-/m0/s1. The van der Waals surface area contributed by atoms with Crippen molar-refractivity contribution in [3.05, 3.63) is 0 Å². The van der Waals surface area contributed by atoms with Gasteiger partial charge in [0.05, 0.1) is 12.7 Å². The summed E-state index contributed by atoms with van der Waals surface area (Å²) in [7, 11) is 0. The lowest BCUT2D eigenvalue weighted by Crippen LogP contribution is -2.50. The predicted molar refractivity (Wildman–Crippen MR) is 48.6 cm³/mol. The van der Waals surface area contributed by atoms with Crippen LogP contribution >= 0.6 is 0 Å². The largest absolute Gasteiger partial charge is 0.394 e. The van der Waals surface area contributed by atoms with E-state index in [0.717, 1.165) is 6.42 Å². The first-order valence-electron chi connectivity index (χ1n) is 4.93. The van der Waals surface area contributed by atoms with Crippen LogP contribution in [0.25, 0.3) is 0 Å². The van der Waals surface area contributed by atoms with Crippen molar-refractivity contribution < 1.29 is 24.8 Å². The maximum absolute atomic E-state index is 9.43. The zero-order chi connectivity index (χ0) is 10.6. The lowest BCUT2D eigenvalue weighted by molar-refractivity contribution is -0.256. The fourth-order valence-electron chi connectivity index (χ4n) is 1.42. The molecule has 1 saturated heterocycles. The Kier molecular flexibility index (Phi) is 4.77. The van der Waals surface area contributed by atoms with Gasteiger partial charge < -0.3 is 24.8 Å². The highest BCUT2D eigenvalue weighted by atomic mass is 16.7. The number of rotatable bonds is 4. The first-order valence-corrected chi connectivity index (χ1v) is 4.93. The summed E-state index contributed by atoms with van der Waals surface area (Å²) in [5.74, 6) is 0. The zero-order valence-corrected chi connectivity index (χ0v) is 8.30. The van der Waals surface area contributed by atoms with E-state index in [2.05, 4.69) is 0 Å². The van der Waals surface area contributed by atoms with Crippen LogP contribution in [0.15, 0.2) is 0 Å². The first-order chi connectivity index (χ1) is 6.69. The molecule has 1 aliphatic heterocycles. The van der Waals surface area contributed by atoms with Crippen molar-refractivity contribution in [2.24, 2.45) is 0 Å². The van der Waals surface area contributed by atoms with Gasteiger partial charge in [-0.25, -0.2) is 0 Å². The molecule has 0 bridgehead atoms. The van der Waals surface area contributed by atoms with Crippen LogP contribution in [0.4, 0.5) is 0 Å². The van der Waals surface area contributed by atoms with Gasteiger partial charge in [0.1, 0.15) is 12.2 Å². The molecule has 0 spiro atoms. The molecule has 0 aliphatic carbocycles. The molecule has 0 aromatic heterocycles. The van der Waals surface area contributed by atoms with E-state index in [1.165, 1.54) is 0 Å². The molecule has 1 fully saturated rings. The Morgan fingerprint density at radius 2 is 2.14 bits per heavy atom. The number of hydrogen-bond acceptors (Lipinski definition) is 5. The average Bonchev–Trinajstić information content (AvgIpc) is 2.19. The van der Waals surface area contributed by atoms with Crippen molar-refractivity contribution >= 4 is 0 Å². The van der Waals surface area contributed by atoms with Crippen LogP contribution in [0, 0.1) is 0 Å². The Bertz CT molecular complexity index is 163. The van der Waals surface area contributed by atoms with Crippen LogP contribution in [0.5, 0.6) is 0 Å². The Balaban J connectivity index is 2.41. The van der Waals surface area contributed by atoms with Crippen molar-refractivity contribution in [2.75, 3.05) is 13.2 Å². The van der Waals surface area contributed by atoms with E-state index < -0.39 is 24.6 Å². The molecule has 1 heterocycles. The van der Waals surface area contributed by atoms with Crippen molar-refractivity contribution in [2.45, 2.75) is 44.4 Å². The van der Waals surface area contributed by atoms with Crippen LogP contribution in [-0.4, -0.2) is 53.1 Å². The normalized spacial score (nSPS) is 38.6.